The average molecular weight is 248 g/mol. The van der Waals surface area contributed by atoms with Gasteiger partial charge in [0.1, 0.15) is 10.7 Å². The highest BCUT2D eigenvalue weighted by molar-refractivity contribution is 7.89. The van der Waals surface area contributed by atoms with Crippen LogP contribution in [0, 0.1) is 0 Å². The summed E-state index contributed by atoms with van der Waals surface area (Å²) in [5, 5.41) is 14.8. The first kappa shape index (κ1) is 12.9. The number of anilines is 1. The maximum Gasteiger partial charge on any atom is 0.248 e. The number of aromatic amines is 1. The van der Waals surface area contributed by atoms with E-state index in [1.54, 1.807) is 0 Å². The van der Waals surface area contributed by atoms with Crippen LogP contribution in [0.25, 0.3) is 0 Å². The van der Waals surface area contributed by atoms with E-state index in [0.29, 0.717) is 13.0 Å². The van der Waals surface area contributed by atoms with Gasteiger partial charge in [-0.25, -0.2) is 8.42 Å². The van der Waals surface area contributed by atoms with Crippen LogP contribution in [0.2, 0.25) is 0 Å². The highest BCUT2D eigenvalue weighted by Gasteiger charge is 2.26. The second kappa shape index (κ2) is 5.28. The fraction of sp³-hybridized carbons (Fsp3) is 0.625. The number of nitrogens with two attached hydrogens (primary N) is 1. The monoisotopic (exact) mass is 248 g/mol. The van der Waals surface area contributed by atoms with Crippen molar-refractivity contribution in [3.63, 3.8) is 0 Å². The van der Waals surface area contributed by atoms with E-state index >= 15 is 0 Å². The maximum absolute atomic E-state index is 12.1. The van der Waals surface area contributed by atoms with Crippen molar-refractivity contribution in [2.24, 2.45) is 0 Å². The molecule has 1 rings (SSSR count). The van der Waals surface area contributed by atoms with Crippen molar-refractivity contribution >= 4 is 15.8 Å². The number of sulfonamides is 1. The zero-order valence-electron chi connectivity index (χ0n) is 9.05. The van der Waals surface area contributed by atoms with Crippen LogP contribution in [0.5, 0.6) is 0 Å². The van der Waals surface area contributed by atoms with Gasteiger partial charge in [0, 0.05) is 13.1 Å². The maximum atomic E-state index is 12.1. The number of hydrogen-bond acceptors (Lipinski definition) is 5. The first-order valence-corrected chi connectivity index (χ1v) is 6.38. The number of nitrogens with zero attached hydrogens (tertiary/aromatic N) is 2. The molecule has 0 bridgehead atoms. The van der Waals surface area contributed by atoms with Gasteiger partial charge in [0.25, 0.3) is 0 Å². The lowest BCUT2D eigenvalue weighted by atomic mass is 10.5. The number of hydrogen-bond donors (Lipinski definition) is 3. The first-order valence-electron chi connectivity index (χ1n) is 4.93. The van der Waals surface area contributed by atoms with E-state index in [1.807, 2.05) is 6.92 Å². The molecule has 92 valence electrons. The van der Waals surface area contributed by atoms with E-state index in [0.717, 1.165) is 0 Å². The lowest BCUT2D eigenvalue weighted by Gasteiger charge is -2.19. The summed E-state index contributed by atoms with van der Waals surface area (Å²) in [6.45, 7) is 2.03. The minimum atomic E-state index is -3.66. The molecule has 0 atom stereocenters. The van der Waals surface area contributed by atoms with Gasteiger partial charge in [-0.2, -0.15) is 9.40 Å². The summed E-state index contributed by atoms with van der Waals surface area (Å²) in [7, 11) is -3.66. The number of aliphatic hydroxyl groups excluding tert-OH is 1. The van der Waals surface area contributed by atoms with Gasteiger partial charge in [0.15, 0.2) is 0 Å². The normalized spacial score (nSPS) is 12.2. The third kappa shape index (κ3) is 2.52. The highest BCUT2D eigenvalue weighted by atomic mass is 32.2. The third-order valence-electron chi connectivity index (χ3n) is 2.07. The molecule has 1 aromatic rings. The van der Waals surface area contributed by atoms with Crippen LogP contribution in [-0.2, 0) is 10.0 Å². The van der Waals surface area contributed by atoms with Crippen LogP contribution >= 0.6 is 0 Å². The molecule has 0 aromatic carbocycles. The molecule has 8 heteroatoms. The van der Waals surface area contributed by atoms with Gasteiger partial charge in [0.05, 0.1) is 12.8 Å². The van der Waals surface area contributed by atoms with Crippen LogP contribution in [-0.4, -0.2) is 47.7 Å². The third-order valence-corrected chi connectivity index (χ3v) is 4.00. The average Bonchev–Trinajstić information content (AvgIpc) is 2.65. The number of nitrogen functional groups attached to an aromatic ring is 1. The zero-order valence-corrected chi connectivity index (χ0v) is 9.87. The van der Waals surface area contributed by atoms with E-state index in [1.165, 1.54) is 10.5 Å². The Labute approximate surface area is 94.3 Å². The molecule has 16 heavy (non-hydrogen) atoms. The molecule has 0 amide bonds. The molecular formula is C8H16N4O3S. The van der Waals surface area contributed by atoms with Gasteiger partial charge < -0.3 is 10.8 Å². The standard InChI is InChI=1S/C8H16N4O3S/c1-2-3-12(4-5-13)16(14,15)7-6-10-11-8(7)9/h6,13H,2-5H2,1H3,(H3,9,10,11). The summed E-state index contributed by atoms with van der Waals surface area (Å²) in [5.74, 6) is 0.0130. The quantitative estimate of drug-likeness (QED) is 0.621. The fourth-order valence-electron chi connectivity index (χ4n) is 1.34. The molecule has 0 spiro atoms. The Morgan fingerprint density at radius 1 is 1.56 bits per heavy atom. The topological polar surface area (TPSA) is 112 Å². The van der Waals surface area contributed by atoms with Crippen molar-refractivity contribution in [1.29, 1.82) is 0 Å². The minimum Gasteiger partial charge on any atom is -0.395 e. The molecule has 0 unspecified atom stereocenters. The van der Waals surface area contributed by atoms with E-state index in [9.17, 15) is 8.42 Å². The Balaban J connectivity index is 3.03. The van der Waals surface area contributed by atoms with Crippen molar-refractivity contribution in [3.8, 4) is 0 Å². The zero-order chi connectivity index (χ0) is 12.2. The Morgan fingerprint density at radius 2 is 2.25 bits per heavy atom. The van der Waals surface area contributed by atoms with Crippen LogP contribution in [0.3, 0.4) is 0 Å². The lowest BCUT2D eigenvalue weighted by molar-refractivity contribution is 0.253. The number of rotatable bonds is 6. The molecule has 7 nitrogen and oxygen atoms in total. The predicted molar refractivity (Wildman–Crippen MR) is 59.1 cm³/mol. The SMILES string of the molecule is CCCN(CCO)S(=O)(=O)c1cn[nH]c1N. The van der Waals surface area contributed by atoms with Crippen LogP contribution in [0.1, 0.15) is 13.3 Å². The van der Waals surface area contributed by atoms with E-state index in [4.69, 9.17) is 10.8 Å². The van der Waals surface area contributed by atoms with Gasteiger partial charge in [-0.3, -0.25) is 5.10 Å². The first-order chi connectivity index (χ1) is 7.54. The van der Waals surface area contributed by atoms with Crippen molar-refractivity contribution in [2.75, 3.05) is 25.4 Å². The molecule has 0 aliphatic carbocycles. The van der Waals surface area contributed by atoms with Crippen molar-refractivity contribution in [3.05, 3.63) is 6.20 Å². The summed E-state index contributed by atoms with van der Waals surface area (Å²) in [6.07, 6.45) is 1.84. The number of aromatic nitrogens is 2. The second-order valence-electron chi connectivity index (χ2n) is 3.28. The van der Waals surface area contributed by atoms with Crippen molar-refractivity contribution in [2.45, 2.75) is 18.2 Å². The fourth-order valence-corrected chi connectivity index (χ4v) is 2.88. The number of H-pyrrole nitrogens is 1. The van der Waals surface area contributed by atoms with Gasteiger partial charge in [-0.1, -0.05) is 6.92 Å². The van der Waals surface area contributed by atoms with E-state index < -0.39 is 10.0 Å². The Morgan fingerprint density at radius 3 is 2.69 bits per heavy atom. The molecule has 0 aliphatic rings. The van der Waals surface area contributed by atoms with Gasteiger partial charge in [-0.05, 0) is 6.42 Å². The second-order valence-corrected chi connectivity index (χ2v) is 5.18. The molecule has 0 saturated carbocycles. The van der Waals surface area contributed by atoms with E-state index in [2.05, 4.69) is 10.2 Å². The van der Waals surface area contributed by atoms with Gasteiger partial charge in [0.2, 0.25) is 10.0 Å². The minimum absolute atomic E-state index is 0.0130. The molecule has 4 N–H and O–H groups in total. The van der Waals surface area contributed by atoms with Crippen LogP contribution < -0.4 is 5.73 Å². The summed E-state index contributed by atoms with van der Waals surface area (Å²) in [4.78, 5) is -0.0469. The molecule has 0 radical (unpaired) electrons. The Bertz CT molecular complexity index is 422. The summed E-state index contributed by atoms with van der Waals surface area (Å²) >= 11 is 0. The molecule has 1 aromatic heterocycles. The molecule has 0 fully saturated rings. The summed E-state index contributed by atoms with van der Waals surface area (Å²) < 4.78 is 25.3. The van der Waals surface area contributed by atoms with Gasteiger partial charge in [-0.15, -0.1) is 0 Å². The van der Waals surface area contributed by atoms with Gasteiger partial charge >= 0.3 is 0 Å². The van der Waals surface area contributed by atoms with Crippen molar-refractivity contribution < 1.29 is 13.5 Å². The van der Waals surface area contributed by atoms with Crippen LogP contribution in [0.4, 0.5) is 5.82 Å². The summed E-state index contributed by atoms with van der Waals surface area (Å²) in [6, 6.07) is 0. The number of aliphatic hydroxyl groups is 1. The smallest absolute Gasteiger partial charge is 0.248 e. The predicted octanol–water partition coefficient (Wildman–Crippen LogP) is -0.615. The Kier molecular flexibility index (Phi) is 4.27. The lowest BCUT2D eigenvalue weighted by Crippen LogP contribution is -2.34. The largest absolute Gasteiger partial charge is 0.395 e. The number of nitrogens with one attached hydrogen (secondary N) is 1. The summed E-state index contributed by atoms with van der Waals surface area (Å²) in [5.41, 5.74) is 5.47. The molecule has 0 saturated heterocycles. The van der Waals surface area contributed by atoms with E-state index in [-0.39, 0.29) is 23.9 Å². The van der Waals surface area contributed by atoms with Crippen molar-refractivity contribution in [1.82, 2.24) is 14.5 Å². The highest BCUT2D eigenvalue weighted by Crippen LogP contribution is 2.19. The Hall–Kier alpha value is -1.12. The van der Waals surface area contributed by atoms with Crippen LogP contribution in [0.15, 0.2) is 11.1 Å². The molecule has 1 heterocycles. The molecule has 0 aliphatic heterocycles. The molecular weight excluding hydrogens is 232 g/mol.